The Labute approximate surface area is 115 Å². The quantitative estimate of drug-likeness (QED) is 0.929. The Balaban J connectivity index is 3.10. The minimum Gasteiger partial charge on any atom is -0.480 e. The van der Waals surface area contributed by atoms with Crippen LogP contribution in [0, 0.1) is 6.92 Å². The van der Waals surface area contributed by atoms with Gasteiger partial charge in [-0.25, -0.2) is 0 Å². The molecular formula is C13H16BrNO3. The molecule has 0 aliphatic carbocycles. The maximum Gasteiger partial charge on any atom is 0.323 e. The highest BCUT2D eigenvalue weighted by Gasteiger charge is 2.22. The van der Waals surface area contributed by atoms with Crippen molar-refractivity contribution in [1.29, 1.82) is 0 Å². The van der Waals surface area contributed by atoms with Crippen LogP contribution in [0.15, 0.2) is 22.7 Å². The van der Waals surface area contributed by atoms with E-state index in [0.29, 0.717) is 5.56 Å². The van der Waals surface area contributed by atoms with E-state index in [2.05, 4.69) is 15.9 Å². The zero-order chi connectivity index (χ0) is 13.9. The van der Waals surface area contributed by atoms with Crippen LogP contribution in [0.3, 0.4) is 0 Å². The average molecular weight is 314 g/mol. The number of hydrogen-bond acceptors (Lipinski definition) is 2. The molecule has 0 aliphatic heterocycles. The van der Waals surface area contributed by atoms with Crippen molar-refractivity contribution in [3.05, 3.63) is 33.8 Å². The Kier molecular flexibility index (Phi) is 4.90. The van der Waals surface area contributed by atoms with Crippen LogP contribution >= 0.6 is 15.9 Å². The van der Waals surface area contributed by atoms with Gasteiger partial charge >= 0.3 is 5.97 Å². The van der Waals surface area contributed by atoms with Gasteiger partial charge in [-0.05, 0) is 38.5 Å². The fraction of sp³-hybridized carbons (Fsp3) is 0.385. The Morgan fingerprint density at radius 1 is 1.39 bits per heavy atom. The second kappa shape index (κ2) is 6.00. The third-order valence-electron chi connectivity index (χ3n) is 2.69. The first-order chi connectivity index (χ1) is 8.34. The molecule has 4 nitrogen and oxygen atoms in total. The molecule has 1 aromatic rings. The van der Waals surface area contributed by atoms with Crippen LogP contribution in [0.1, 0.15) is 29.8 Å². The van der Waals surface area contributed by atoms with Crippen molar-refractivity contribution in [3.63, 3.8) is 0 Å². The first-order valence-electron chi connectivity index (χ1n) is 5.62. The third-order valence-corrected chi connectivity index (χ3v) is 3.55. The molecule has 0 bridgehead atoms. The summed E-state index contributed by atoms with van der Waals surface area (Å²) in [6.07, 6.45) is 0. The number of halogens is 1. The fourth-order valence-electron chi connectivity index (χ4n) is 1.63. The number of hydrogen-bond donors (Lipinski definition) is 1. The van der Waals surface area contributed by atoms with Gasteiger partial charge in [-0.15, -0.1) is 0 Å². The molecule has 0 aromatic heterocycles. The SMILES string of the molecule is Cc1c(Br)cccc1C(=O)N(CC(=O)O)C(C)C. The second-order valence-electron chi connectivity index (χ2n) is 4.33. The maximum atomic E-state index is 12.3. The van der Waals surface area contributed by atoms with Gasteiger partial charge in [-0.1, -0.05) is 22.0 Å². The molecule has 0 heterocycles. The largest absolute Gasteiger partial charge is 0.480 e. The lowest BCUT2D eigenvalue weighted by Gasteiger charge is -2.25. The Morgan fingerprint density at radius 2 is 2.00 bits per heavy atom. The topological polar surface area (TPSA) is 57.6 Å². The van der Waals surface area contributed by atoms with Crippen molar-refractivity contribution < 1.29 is 14.7 Å². The Hall–Kier alpha value is -1.36. The fourth-order valence-corrected chi connectivity index (χ4v) is 1.99. The van der Waals surface area contributed by atoms with Gasteiger partial charge in [0, 0.05) is 16.1 Å². The van der Waals surface area contributed by atoms with Crippen LogP contribution in [0.25, 0.3) is 0 Å². The first kappa shape index (κ1) is 14.7. The molecule has 0 spiro atoms. The third kappa shape index (κ3) is 3.32. The molecule has 0 saturated heterocycles. The van der Waals surface area contributed by atoms with E-state index in [-0.39, 0.29) is 18.5 Å². The highest BCUT2D eigenvalue weighted by molar-refractivity contribution is 9.10. The van der Waals surface area contributed by atoms with E-state index in [1.165, 1.54) is 4.90 Å². The molecule has 0 radical (unpaired) electrons. The van der Waals surface area contributed by atoms with E-state index in [4.69, 9.17) is 5.11 Å². The van der Waals surface area contributed by atoms with Gasteiger partial charge in [-0.2, -0.15) is 0 Å². The Bertz CT molecular complexity index is 471. The summed E-state index contributed by atoms with van der Waals surface area (Å²) in [5, 5.41) is 8.85. The number of carbonyl (C=O) groups excluding carboxylic acids is 1. The molecule has 0 unspecified atom stereocenters. The number of carboxylic acid groups (broad SMARTS) is 1. The molecule has 98 valence electrons. The van der Waals surface area contributed by atoms with E-state index in [0.717, 1.165) is 10.0 Å². The molecule has 0 aliphatic rings. The van der Waals surface area contributed by atoms with Gasteiger partial charge < -0.3 is 10.0 Å². The van der Waals surface area contributed by atoms with E-state index in [9.17, 15) is 9.59 Å². The smallest absolute Gasteiger partial charge is 0.323 e. The molecule has 0 atom stereocenters. The van der Waals surface area contributed by atoms with Crippen LogP contribution in [-0.4, -0.2) is 34.5 Å². The minimum absolute atomic E-state index is 0.160. The Morgan fingerprint density at radius 3 is 2.50 bits per heavy atom. The first-order valence-corrected chi connectivity index (χ1v) is 6.41. The summed E-state index contributed by atoms with van der Waals surface area (Å²) < 4.78 is 0.840. The predicted molar refractivity (Wildman–Crippen MR) is 72.7 cm³/mol. The van der Waals surface area contributed by atoms with Crippen molar-refractivity contribution in [2.45, 2.75) is 26.8 Å². The van der Waals surface area contributed by atoms with Gasteiger partial charge in [0.25, 0.3) is 5.91 Å². The lowest BCUT2D eigenvalue weighted by atomic mass is 10.1. The summed E-state index contributed by atoms with van der Waals surface area (Å²) in [5.41, 5.74) is 1.35. The molecule has 0 saturated carbocycles. The van der Waals surface area contributed by atoms with E-state index < -0.39 is 5.97 Å². The van der Waals surface area contributed by atoms with Gasteiger partial charge in [0.15, 0.2) is 0 Å². The lowest BCUT2D eigenvalue weighted by Crippen LogP contribution is -2.40. The number of rotatable bonds is 4. The second-order valence-corrected chi connectivity index (χ2v) is 5.19. The number of amides is 1. The van der Waals surface area contributed by atoms with E-state index in [1.807, 2.05) is 13.0 Å². The van der Waals surface area contributed by atoms with Crippen LogP contribution in [0.2, 0.25) is 0 Å². The average Bonchev–Trinajstić information content (AvgIpc) is 2.28. The van der Waals surface area contributed by atoms with Gasteiger partial charge in [0.05, 0.1) is 0 Å². The summed E-state index contributed by atoms with van der Waals surface area (Å²) >= 11 is 3.36. The van der Waals surface area contributed by atoms with Crippen molar-refractivity contribution >= 4 is 27.8 Å². The molecule has 1 N–H and O–H groups in total. The monoisotopic (exact) mass is 313 g/mol. The van der Waals surface area contributed by atoms with Crippen LogP contribution in [0.5, 0.6) is 0 Å². The minimum atomic E-state index is -1.01. The van der Waals surface area contributed by atoms with Crippen LogP contribution in [0.4, 0.5) is 0 Å². The number of carbonyl (C=O) groups is 2. The number of carboxylic acids is 1. The standard InChI is InChI=1S/C13H16BrNO3/c1-8(2)15(7-12(16)17)13(18)10-5-4-6-11(14)9(10)3/h4-6,8H,7H2,1-3H3,(H,16,17). The predicted octanol–water partition coefficient (Wildman–Crippen LogP) is 2.69. The molecular weight excluding hydrogens is 298 g/mol. The molecule has 1 aromatic carbocycles. The van der Waals surface area contributed by atoms with Crippen molar-refractivity contribution in [1.82, 2.24) is 4.90 Å². The van der Waals surface area contributed by atoms with Crippen molar-refractivity contribution in [3.8, 4) is 0 Å². The maximum absolute atomic E-state index is 12.3. The zero-order valence-electron chi connectivity index (χ0n) is 10.6. The van der Waals surface area contributed by atoms with E-state index >= 15 is 0 Å². The number of nitrogens with zero attached hydrogens (tertiary/aromatic N) is 1. The van der Waals surface area contributed by atoms with Gasteiger partial charge in [0.1, 0.15) is 6.54 Å². The van der Waals surface area contributed by atoms with Crippen molar-refractivity contribution in [2.75, 3.05) is 6.54 Å². The highest BCUT2D eigenvalue weighted by atomic mass is 79.9. The number of benzene rings is 1. The number of aliphatic carboxylic acids is 1. The molecule has 5 heteroatoms. The lowest BCUT2D eigenvalue weighted by molar-refractivity contribution is -0.138. The molecule has 0 fully saturated rings. The van der Waals surface area contributed by atoms with Gasteiger partial charge in [0.2, 0.25) is 0 Å². The van der Waals surface area contributed by atoms with Crippen molar-refractivity contribution in [2.24, 2.45) is 0 Å². The summed E-state index contributed by atoms with van der Waals surface area (Å²) in [5.74, 6) is -1.27. The summed E-state index contributed by atoms with van der Waals surface area (Å²) in [4.78, 5) is 24.5. The molecule has 1 rings (SSSR count). The summed E-state index contributed by atoms with van der Waals surface area (Å²) in [6, 6.07) is 5.17. The van der Waals surface area contributed by atoms with Gasteiger partial charge in [-0.3, -0.25) is 9.59 Å². The normalized spacial score (nSPS) is 10.5. The molecule has 1 amide bonds. The van der Waals surface area contributed by atoms with Crippen LogP contribution in [-0.2, 0) is 4.79 Å². The summed E-state index contributed by atoms with van der Waals surface area (Å²) in [7, 11) is 0. The van der Waals surface area contributed by atoms with Crippen LogP contribution < -0.4 is 0 Å². The zero-order valence-corrected chi connectivity index (χ0v) is 12.2. The highest BCUT2D eigenvalue weighted by Crippen LogP contribution is 2.21. The van der Waals surface area contributed by atoms with E-state index in [1.54, 1.807) is 26.0 Å². The molecule has 18 heavy (non-hydrogen) atoms. The summed E-state index contributed by atoms with van der Waals surface area (Å²) in [6.45, 7) is 5.14.